The van der Waals surface area contributed by atoms with Crippen LogP contribution in [-0.4, -0.2) is 20.4 Å². The topological polar surface area (TPSA) is 79.4 Å². The predicted molar refractivity (Wildman–Crippen MR) is 76.2 cm³/mol. The smallest absolute Gasteiger partial charge is 0.265 e. The van der Waals surface area contributed by atoms with Gasteiger partial charge in [0.25, 0.3) is 5.89 Å². The van der Waals surface area contributed by atoms with Gasteiger partial charge in [0.15, 0.2) is 0 Å². The number of halogens is 2. The molecule has 0 aliphatic rings. The number of rotatable bonds is 2. The van der Waals surface area contributed by atoms with Crippen LogP contribution in [0.4, 0.5) is 4.39 Å². The molecule has 0 amide bonds. The number of hydrogen-bond donors (Lipinski definition) is 2. The standard InChI is InChI=1S/C14H8BrFN2O3/c15-9-6-7(16)4-5-8(9)13-17-14(21-18-13)12-10(19)2-1-3-11(12)20/h1-6,19-20H. The highest BCUT2D eigenvalue weighted by Crippen LogP contribution is 2.37. The molecule has 0 bridgehead atoms. The Morgan fingerprint density at radius 1 is 1.10 bits per heavy atom. The summed E-state index contributed by atoms with van der Waals surface area (Å²) in [4.78, 5) is 4.11. The zero-order valence-corrected chi connectivity index (χ0v) is 12.0. The van der Waals surface area contributed by atoms with Gasteiger partial charge in [-0.3, -0.25) is 0 Å². The van der Waals surface area contributed by atoms with Crippen molar-refractivity contribution in [3.8, 4) is 34.3 Å². The summed E-state index contributed by atoms with van der Waals surface area (Å²) in [5, 5.41) is 23.3. The van der Waals surface area contributed by atoms with Crippen LogP contribution in [0, 0.1) is 5.82 Å². The Labute approximate surface area is 126 Å². The summed E-state index contributed by atoms with van der Waals surface area (Å²) in [6.45, 7) is 0. The van der Waals surface area contributed by atoms with Crippen molar-refractivity contribution in [2.24, 2.45) is 0 Å². The molecule has 3 aromatic rings. The number of hydrogen-bond acceptors (Lipinski definition) is 5. The molecule has 0 aliphatic heterocycles. The fourth-order valence-electron chi connectivity index (χ4n) is 1.85. The first-order valence-electron chi connectivity index (χ1n) is 5.86. The van der Waals surface area contributed by atoms with E-state index in [1.165, 1.54) is 36.4 Å². The molecule has 0 fully saturated rings. The first kappa shape index (κ1) is 13.6. The third-order valence-electron chi connectivity index (χ3n) is 2.83. The molecule has 0 atom stereocenters. The normalized spacial score (nSPS) is 10.8. The highest BCUT2D eigenvalue weighted by atomic mass is 79.9. The van der Waals surface area contributed by atoms with Crippen molar-refractivity contribution in [1.82, 2.24) is 10.1 Å². The van der Waals surface area contributed by atoms with Crippen LogP contribution in [-0.2, 0) is 0 Å². The third kappa shape index (κ3) is 2.47. The van der Waals surface area contributed by atoms with Crippen LogP contribution in [0.2, 0.25) is 0 Å². The van der Waals surface area contributed by atoms with Crippen LogP contribution in [0.5, 0.6) is 11.5 Å². The molecular weight excluding hydrogens is 343 g/mol. The largest absolute Gasteiger partial charge is 0.507 e. The van der Waals surface area contributed by atoms with Crippen molar-refractivity contribution in [3.05, 3.63) is 46.7 Å². The van der Waals surface area contributed by atoms with Gasteiger partial charge in [-0.25, -0.2) is 4.39 Å². The van der Waals surface area contributed by atoms with Gasteiger partial charge < -0.3 is 14.7 Å². The maximum absolute atomic E-state index is 13.1. The zero-order chi connectivity index (χ0) is 15.0. The number of benzene rings is 2. The van der Waals surface area contributed by atoms with Gasteiger partial charge in [0.1, 0.15) is 22.9 Å². The molecule has 0 spiro atoms. The Bertz CT molecular complexity index is 799. The quantitative estimate of drug-likeness (QED) is 0.736. The molecular formula is C14H8BrFN2O3. The van der Waals surface area contributed by atoms with E-state index in [-0.39, 0.29) is 28.8 Å². The number of phenolic OH excluding ortho intramolecular Hbond substituents is 2. The van der Waals surface area contributed by atoms with Crippen LogP contribution in [0.3, 0.4) is 0 Å². The number of nitrogens with zero attached hydrogens (tertiary/aromatic N) is 2. The average molecular weight is 351 g/mol. The number of aromatic hydroxyl groups is 2. The second kappa shape index (κ2) is 5.17. The molecule has 21 heavy (non-hydrogen) atoms. The Morgan fingerprint density at radius 3 is 2.48 bits per heavy atom. The van der Waals surface area contributed by atoms with E-state index < -0.39 is 5.82 Å². The number of phenols is 2. The van der Waals surface area contributed by atoms with E-state index in [2.05, 4.69) is 26.1 Å². The fourth-order valence-corrected chi connectivity index (χ4v) is 2.38. The second-order valence-corrected chi connectivity index (χ2v) is 5.07. The molecule has 0 radical (unpaired) electrons. The lowest BCUT2D eigenvalue weighted by atomic mass is 10.1. The summed E-state index contributed by atoms with van der Waals surface area (Å²) >= 11 is 3.22. The van der Waals surface area contributed by atoms with Crippen molar-refractivity contribution in [2.75, 3.05) is 0 Å². The summed E-state index contributed by atoms with van der Waals surface area (Å²) in [6, 6.07) is 8.33. The molecule has 2 N–H and O–H groups in total. The molecule has 106 valence electrons. The SMILES string of the molecule is Oc1cccc(O)c1-c1nc(-c2ccc(F)cc2Br)no1. The first-order valence-corrected chi connectivity index (χ1v) is 6.66. The van der Waals surface area contributed by atoms with Gasteiger partial charge in [0.05, 0.1) is 0 Å². The highest BCUT2D eigenvalue weighted by Gasteiger charge is 2.18. The minimum Gasteiger partial charge on any atom is -0.507 e. The molecule has 5 nitrogen and oxygen atoms in total. The van der Waals surface area contributed by atoms with Gasteiger partial charge in [0.2, 0.25) is 5.82 Å². The van der Waals surface area contributed by atoms with Gasteiger partial charge >= 0.3 is 0 Å². The van der Waals surface area contributed by atoms with Crippen molar-refractivity contribution >= 4 is 15.9 Å². The van der Waals surface area contributed by atoms with Gasteiger partial charge in [-0.15, -0.1) is 0 Å². The first-order chi connectivity index (χ1) is 10.1. The minimum absolute atomic E-state index is 0.0307. The molecule has 0 aliphatic carbocycles. The Hall–Kier alpha value is -2.41. The summed E-state index contributed by atoms with van der Waals surface area (Å²) in [5.74, 6) is -0.573. The van der Waals surface area contributed by atoms with Crippen molar-refractivity contribution in [2.45, 2.75) is 0 Å². The molecule has 2 aromatic carbocycles. The molecule has 1 aromatic heterocycles. The maximum Gasteiger partial charge on any atom is 0.265 e. The summed E-state index contributed by atoms with van der Waals surface area (Å²) in [7, 11) is 0. The summed E-state index contributed by atoms with van der Waals surface area (Å²) in [6.07, 6.45) is 0. The summed E-state index contributed by atoms with van der Waals surface area (Å²) in [5.41, 5.74) is 0.579. The Kier molecular flexibility index (Phi) is 3.34. The van der Waals surface area contributed by atoms with E-state index in [0.717, 1.165) is 0 Å². The van der Waals surface area contributed by atoms with Crippen molar-refractivity contribution in [3.63, 3.8) is 0 Å². The molecule has 1 heterocycles. The van der Waals surface area contributed by atoms with Crippen LogP contribution in [0.1, 0.15) is 0 Å². The second-order valence-electron chi connectivity index (χ2n) is 4.22. The van der Waals surface area contributed by atoms with Crippen LogP contribution in [0.25, 0.3) is 22.8 Å². The lowest BCUT2D eigenvalue weighted by Crippen LogP contribution is -1.85. The van der Waals surface area contributed by atoms with E-state index in [1.54, 1.807) is 0 Å². The zero-order valence-electron chi connectivity index (χ0n) is 10.4. The third-order valence-corrected chi connectivity index (χ3v) is 3.49. The van der Waals surface area contributed by atoms with Gasteiger partial charge in [-0.05, 0) is 46.3 Å². The summed E-state index contributed by atoms with van der Waals surface area (Å²) < 4.78 is 18.6. The van der Waals surface area contributed by atoms with Gasteiger partial charge in [-0.1, -0.05) is 11.2 Å². The Balaban J connectivity index is 2.08. The molecule has 0 saturated carbocycles. The minimum atomic E-state index is -0.396. The van der Waals surface area contributed by atoms with Gasteiger partial charge in [-0.2, -0.15) is 4.98 Å². The van der Waals surface area contributed by atoms with Crippen LogP contribution in [0.15, 0.2) is 45.4 Å². The molecule has 7 heteroatoms. The van der Waals surface area contributed by atoms with Crippen molar-refractivity contribution in [1.29, 1.82) is 0 Å². The average Bonchev–Trinajstić information content (AvgIpc) is 2.87. The van der Waals surface area contributed by atoms with Gasteiger partial charge in [0, 0.05) is 10.0 Å². The van der Waals surface area contributed by atoms with Crippen LogP contribution < -0.4 is 0 Å². The number of aromatic nitrogens is 2. The fraction of sp³-hybridized carbons (Fsp3) is 0. The van der Waals surface area contributed by atoms with E-state index >= 15 is 0 Å². The maximum atomic E-state index is 13.1. The Morgan fingerprint density at radius 2 is 1.81 bits per heavy atom. The van der Waals surface area contributed by atoms with E-state index in [0.29, 0.717) is 10.0 Å². The van der Waals surface area contributed by atoms with Crippen molar-refractivity contribution < 1.29 is 19.1 Å². The molecule has 0 unspecified atom stereocenters. The monoisotopic (exact) mass is 350 g/mol. The van der Waals surface area contributed by atoms with E-state index in [1.807, 2.05) is 0 Å². The predicted octanol–water partition coefficient (Wildman–Crippen LogP) is 3.72. The van der Waals surface area contributed by atoms with E-state index in [4.69, 9.17) is 4.52 Å². The van der Waals surface area contributed by atoms with E-state index in [9.17, 15) is 14.6 Å². The lowest BCUT2D eigenvalue weighted by molar-refractivity contribution is 0.416. The molecule has 0 saturated heterocycles. The van der Waals surface area contributed by atoms with Crippen LogP contribution >= 0.6 is 15.9 Å². The highest BCUT2D eigenvalue weighted by molar-refractivity contribution is 9.10. The molecule has 3 rings (SSSR count). The lowest BCUT2D eigenvalue weighted by Gasteiger charge is -2.01.